The monoisotopic (exact) mass is 282 g/mol. The zero-order valence-corrected chi connectivity index (χ0v) is 11.5. The fourth-order valence-corrected chi connectivity index (χ4v) is 1.44. The van der Waals surface area contributed by atoms with Gasteiger partial charge in [-0.15, -0.1) is 0 Å². The van der Waals surface area contributed by atoms with Crippen molar-refractivity contribution in [1.29, 1.82) is 0 Å². The summed E-state index contributed by atoms with van der Waals surface area (Å²) in [5, 5.41) is 13.9. The Bertz CT molecular complexity index is 462. The third kappa shape index (κ3) is 4.97. The normalized spacial score (nSPS) is 13.4. The van der Waals surface area contributed by atoms with Crippen LogP contribution < -0.4 is 10.6 Å². The molecule has 0 aliphatic carbocycles. The van der Waals surface area contributed by atoms with E-state index in [0.29, 0.717) is 5.56 Å². The Morgan fingerprint density at radius 2 is 1.80 bits per heavy atom. The van der Waals surface area contributed by atoms with E-state index in [0.717, 1.165) is 0 Å². The van der Waals surface area contributed by atoms with Crippen LogP contribution in [-0.4, -0.2) is 29.6 Å². The van der Waals surface area contributed by atoms with Gasteiger partial charge in [0, 0.05) is 19.2 Å². The average molecular weight is 282 g/mol. The first-order valence-corrected chi connectivity index (χ1v) is 6.38. The van der Waals surface area contributed by atoms with Crippen molar-refractivity contribution in [1.82, 2.24) is 10.6 Å². The number of carbonyl (C=O) groups is 2. The number of nitrogens with one attached hydrogen (secondary N) is 2. The van der Waals surface area contributed by atoms with Gasteiger partial charge < -0.3 is 15.7 Å². The summed E-state index contributed by atoms with van der Waals surface area (Å²) in [5.74, 6) is -2.00. The van der Waals surface area contributed by atoms with Crippen molar-refractivity contribution >= 4 is 11.8 Å². The number of rotatable bonds is 5. The number of carbonyl (C=O) groups excluding carboxylic acids is 2. The minimum absolute atomic E-state index is 0.0708. The van der Waals surface area contributed by atoms with Gasteiger partial charge in [-0.25, -0.2) is 4.39 Å². The number of aliphatic hydroxyl groups excluding tert-OH is 1. The number of benzene rings is 1. The van der Waals surface area contributed by atoms with E-state index in [1.165, 1.54) is 24.3 Å². The molecule has 0 saturated carbocycles. The highest BCUT2D eigenvalue weighted by Gasteiger charge is 2.18. The van der Waals surface area contributed by atoms with Crippen molar-refractivity contribution in [2.24, 2.45) is 5.92 Å². The second kappa shape index (κ2) is 7.59. The molecule has 0 heterocycles. The van der Waals surface area contributed by atoms with Crippen molar-refractivity contribution in [3.05, 3.63) is 35.6 Å². The van der Waals surface area contributed by atoms with Crippen molar-refractivity contribution in [3.63, 3.8) is 0 Å². The third-order valence-corrected chi connectivity index (χ3v) is 3.07. The molecule has 0 aliphatic rings. The number of hydrogen-bond donors (Lipinski definition) is 3. The topological polar surface area (TPSA) is 78.4 Å². The number of aliphatic hydroxyl groups is 1. The SMILES string of the molecule is CC(CO)C(C)NC(=O)C(=O)NCc1ccc(F)cc1. The molecule has 2 amide bonds. The maximum Gasteiger partial charge on any atom is 0.309 e. The van der Waals surface area contributed by atoms with E-state index in [1.807, 2.05) is 0 Å². The Morgan fingerprint density at radius 1 is 1.20 bits per heavy atom. The second-order valence-electron chi connectivity index (χ2n) is 4.73. The quantitative estimate of drug-likeness (QED) is 0.691. The van der Waals surface area contributed by atoms with E-state index < -0.39 is 11.8 Å². The first-order valence-electron chi connectivity index (χ1n) is 6.38. The van der Waals surface area contributed by atoms with Gasteiger partial charge in [0.2, 0.25) is 0 Å². The highest BCUT2D eigenvalue weighted by atomic mass is 19.1. The highest BCUT2D eigenvalue weighted by Crippen LogP contribution is 2.02. The van der Waals surface area contributed by atoms with Crippen molar-refractivity contribution < 1.29 is 19.1 Å². The van der Waals surface area contributed by atoms with Gasteiger partial charge in [-0.05, 0) is 30.5 Å². The van der Waals surface area contributed by atoms with Gasteiger partial charge in [0.15, 0.2) is 0 Å². The maximum atomic E-state index is 12.7. The predicted octanol–water partition coefficient (Wildman–Crippen LogP) is 0.575. The second-order valence-corrected chi connectivity index (χ2v) is 4.73. The van der Waals surface area contributed by atoms with Crippen molar-refractivity contribution in [3.8, 4) is 0 Å². The molecule has 110 valence electrons. The number of halogens is 1. The minimum atomic E-state index is -0.758. The lowest BCUT2D eigenvalue weighted by Gasteiger charge is -2.18. The lowest BCUT2D eigenvalue weighted by Crippen LogP contribution is -2.46. The fourth-order valence-electron chi connectivity index (χ4n) is 1.44. The molecule has 1 aromatic rings. The predicted molar refractivity (Wildman–Crippen MR) is 72.1 cm³/mol. The molecule has 2 atom stereocenters. The molecule has 0 saturated heterocycles. The van der Waals surface area contributed by atoms with Crippen LogP contribution in [0.5, 0.6) is 0 Å². The van der Waals surface area contributed by atoms with Crippen LogP contribution in [0.25, 0.3) is 0 Å². The largest absolute Gasteiger partial charge is 0.396 e. The van der Waals surface area contributed by atoms with Gasteiger partial charge in [-0.1, -0.05) is 19.1 Å². The molecule has 3 N–H and O–H groups in total. The Kier molecular flexibility index (Phi) is 6.11. The van der Waals surface area contributed by atoms with Gasteiger partial charge in [-0.2, -0.15) is 0 Å². The molecule has 0 fully saturated rings. The van der Waals surface area contributed by atoms with Gasteiger partial charge >= 0.3 is 11.8 Å². The molecular weight excluding hydrogens is 263 g/mol. The molecule has 0 spiro atoms. The van der Waals surface area contributed by atoms with Crippen molar-refractivity contribution in [2.45, 2.75) is 26.4 Å². The van der Waals surface area contributed by atoms with Crippen LogP contribution >= 0.6 is 0 Å². The van der Waals surface area contributed by atoms with Gasteiger partial charge in [0.05, 0.1) is 0 Å². The maximum absolute atomic E-state index is 12.7. The molecule has 6 heteroatoms. The summed E-state index contributed by atoms with van der Waals surface area (Å²) < 4.78 is 12.7. The molecule has 0 bridgehead atoms. The minimum Gasteiger partial charge on any atom is -0.396 e. The van der Waals surface area contributed by atoms with E-state index in [4.69, 9.17) is 5.11 Å². The molecule has 0 aliphatic heterocycles. The van der Waals surface area contributed by atoms with E-state index in [9.17, 15) is 14.0 Å². The first kappa shape index (κ1) is 16.1. The molecule has 0 radical (unpaired) electrons. The van der Waals surface area contributed by atoms with Crippen LogP contribution in [-0.2, 0) is 16.1 Å². The molecule has 1 aromatic carbocycles. The Labute approximate surface area is 117 Å². The van der Waals surface area contributed by atoms with Crippen LogP contribution in [0.1, 0.15) is 19.4 Å². The lowest BCUT2D eigenvalue weighted by molar-refractivity contribution is -0.139. The third-order valence-electron chi connectivity index (χ3n) is 3.07. The van der Waals surface area contributed by atoms with Crippen LogP contribution in [0.15, 0.2) is 24.3 Å². The summed E-state index contributed by atoms with van der Waals surface area (Å²) >= 11 is 0. The van der Waals surface area contributed by atoms with Crippen LogP contribution in [0.3, 0.4) is 0 Å². The van der Waals surface area contributed by atoms with E-state index in [1.54, 1.807) is 13.8 Å². The molecule has 5 nitrogen and oxygen atoms in total. The van der Waals surface area contributed by atoms with Gasteiger partial charge in [-0.3, -0.25) is 9.59 Å². The summed E-state index contributed by atoms with van der Waals surface area (Å²) in [6.45, 7) is 3.56. The molecular formula is C14H19FN2O3. The summed E-state index contributed by atoms with van der Waals surface area (Å²) in [4.78, 5) is 23.2. The van der Waals surface area contributed by atoms with E-state index in [2.05, 4.69) is 10.6 Å². The van der Waals surface area contributed by atoms with Crippen molar-refractivity contribution in [2.75, 3.05) is 6.61 Å². The average Bonchev–Trinajstić information content (AvgIpc) is 2.45. The Morgan fingerprint density at radius 3 is 2.35 bits per heavy atom. The molecule has 1 rings (SSSR count). The Hall–Kier alpha value is -1.95. The summed E-state index contributed by atoms with van der Waals surface area (Å²) in [7, 11) is 0. The standard InChI is InChI=1S/C14H19FN2O3/c1-9(8-18)10(2)17-14(20)13(19)16-7-11-3-5-12(15)6-4-11/h3-6,9-10,18H,7-8H2,1-2H3,(H,16,19)(H,17,20). The van der Waals surface area contributed by atoms with Gasteiger partial charge in [0.1, 0.15) is 5.82 Å². The van der Waals surface area contributed by atoms with E-state index >= 15 is 0 Å². The fraction of sp³-hybridized carbons (Fsp3) is 0.429. The number of hydrogen-bond acceptors (Lipinski definition) is 3. The molecule has 20 heavy (non-hydrogen) atoms. The zero-order chi connectivity index (χ0) is 15.1. The molecule has 2 unspecified atom stereocenters. The Balaban J connectivity index is 2.42. The summed E-state index contributed by atoms with van der Waals surface area (Å²) in [5.41, 5.74) is 0.698. The summed E-state index contributed by atoms with van der Waals surface area (Å²) in [6.07, 6.45) is 0. The van der Waals surface area contributed by atoms with Crippen LogP contribution in [0.4, 0.5) is 4.39 Å². The summed E-state index contributed by atoms with van der Waals surface area (Å²) in [6, 6.07) is 5.33. The van der Waals surface area contributed by atoms with Crippen LogP contribution in [0, 0.1) is 11.7 Å². The van der Waals surface area contributed by atoms with Crippen LogP contribution in [0.2, 0.25) is 0 Å². The highest BCUT2D eigenvalue weighted by molar-refractivity contribution is 6.35. The van der Waals surface area contributed by atoms with E-state index in [-0.39, 0.29) is 30.9 Å². The first-order chi connectivity index (χ1) is 9.43. The van der Waals surface area contributed by atoms with Gasteiger partial charge in [0.25, 0.3) is 0 Å². The lowest BCUT2D eigenvalue weighted by atomic mass is 10.1. The molecule has 0 aromatic heterocycles. The smallest absolute Gasteiger partial charge is 0.309 e. The number of amides is 2. The zero-order valence-electron chi connectivity index (χ0n) is 11.5.